The van der Waals surface area contributed by atoms with Gasteiger partial charge in [0.25, 0.3) is 0 Å². The lowest BCUT2D eigenvalue weighted by Crippen LogP contribution is -2.36. The van der Waals surface area contributed by atoms with Gasteiger partial charge in [-0.25, -0.2) is 14.2 Å². The second-order valence-corrected chi connectivity index (χ2v) is 11.5. The summed E-state index contributed by atoms with van der Waals surface area (Å²) in [5, 5.41) is 18.5. The molecule has 4 heterocycles. The first-order valence-electron chi connectivity index (χ1n) is 14.3. The Labute approximate surface area is 242 Å². The van der Waals surface area contributed by atoms with E-state index in [-0.39, 0.29) is 29.3 Å². The topological polar surface area (TPSA) is 114 Å². The van der Waals surface area contributed by atoms with Crippen LogP contribution in [0.3, 0.4) is 0 Å². The number of pyridine rings is 1. The molecular formula is C32H30FN5O4. The van der Waals surface area contributed by atoms with E-state index in [2.05, 4.69) is 14.5 Å². The number of ether oxygens (including phenoxy) is 2. The predicted molar refractivity (Wildman–Crippen MR) is 152 cm³/mol. The lowest BCUT2D eigenvalue weighted by molar-refractivity contribution is -0.0590. The van der Waals surface area contributed by atoms with Gasteiger partial charge in [-0.15, -0.1) is 0 Å². The second-order valence-electron chi connectivity index (χ2n) is 11.5. The minimum absolute atomic E-state index is 0.0274. The van der Waals surface area contributed by atoms with Crippen LogP contribution in [0.25, 0.3) is 11.0 Å². The van der Waals surface area contributed by atoms with Gasteiger partial charge >= 0.3 is 5.97 Å². The zero-order valence-corrected chi connectivity index (χ0v) is 23.0. The molecule has 42 heavy (non-hydrogen) atoms. The number of carboxylic acid groups (broad SMARTS) is 1. The molecule has 2 atom stereocenters. The molecule has 0 amide bonds. The molecule has 1 spiro atoms. The van der Waals surface area contributed by atoms with E-state index >= 15 is 0 Å². The van der Waals surface area contributed by atoms with E-state index < -0.39 is 11.8 Å². The van der Waals surface area contributed by atoms with Crippen LogP contribution in [0.2, 0.25) is 0 Å². The second kappa shape index (κ2) is 10.4. The Hall–Kier alpha value is -4.49. The first kappa shape index (κ1) is 26.4. The Morgan fingerprint density at radius 2 is 2.00 bits per heavy atom. The zero-order chi connectivity index (χ0) is 28.8. The Morgan fingerprint density at radius 3 is 2.71 bits per heavy atom. The summed E-state index contributed by atoms with van der Waals surface area (Å²) in [6.07, 6.45) is 4.21. The van der Waals surface area contributed by atoms with Crippen LogP contribution in [0.1, 0.15) is 58.9 Å². The number of carboxylic acids is 1. The molecule has 4 aromatic rings. The van der Waals surface area contributed by atoms with Gasteiger partial charge in [-0.05, 0) is 67.5 Å². The van der Waals surface area contributed by atoms with Crippen molar-refractivity contribution in [2.45, 2.75) is 50.9 Å². The molecule has 2 saturated heterocycles. The van der Waals surface area contributed by atoms with Gasteiger partial charge in [0.1, 0.15) is 24.1 Å². The predicted octanol–water partition coefficient (Wildman–Crippen LogP) is 5.28. The number of benzene rings is 2. The molecule has 2 aromatic heterocycles. The van der Waals surface area contributed by atoms with Crippen LogP contribution in [0.15, 0.2) is 54.6 Å². The average Bonchev–Trinajstić information content (AvgIpc) is 3.55. The van der Waals surface area contributed by atoms with Gasteiger partial charge in [0.15, 0.2) is 0 Å². The first-order valence-corrected chi connectivity index (χ1v) is 14.3. The van der Waals surface area contributed by atoms with Crippen LogP contribution in [-0.4, -0.2) is 51.4 Å². The van der Waals surface area contributed by atoms with Crippen molar-refractivity contribution in [1.29, 1.82) is 5.26 Å². The van der Waals surface area contributed by atoms with Crippen molar-refractivity contribution in [1.82, 2.24) is 14.5 Å². The Kier molecular flexibility index (Phi) is 6.54. The molecule has 3 aliphatic rings. The maximum Gasteiger partial charge on any atom is 0.335 e. The number of aromatic carboxylic acids is 1. The lowest BCUT2D eigenvalue weighted by atomic mass is 9.90. The van der Waals surface area contributed by atoms with Crippen molar-refractivity contribution in [2.24, 2.45) is 5.41 Å². The summed E-state index contributed by atoms with van der Waals surface area (Å²) in [7, 11) is 0. The third-order valence-corrected chi connectivity index (χ3v) is 9.06. The van der Waals surface area contributed by atoms with Gasteiger partial charge in [-0.2, -0.15) is 10.2 Å². The number of aromatic nitrogens is 3. The van der Waals surface area contributed by atoms with Gasteiger partial charge in [0.2, 0.25) is 5.88 Å². The van der Waals surface area contributed by atoms with Crippen molar-refractivity contribution in [3.8, 4) is 11.9 Å². The summed E-state index contributed by atoms with van der Waals surface area (Å²) >= 11 is 0. The van der Waals surface area contributed by atoms with Crippen LogP contribution < -0.4 is 9.64 Å². The molecule has 10 heteroatoms. The number of fused-ring (bicyclic) bond motifs is 1. The third kappa shape index (κ3) is 4.84. The largest absolute Gasteiger partial charge is 0.478 e. The smallest absolute Gasteiger partial charge is 0.335 e. The Bertz CT molecular complexity index is 1720. The van der Waals surface area contributed by atoms with Crippen molar-refractivity contribution in [3.63, 3.8) is 0 Å². The van der Waals surface area contributed by atoms with E-state index in [9.17, 15) is 14.3 Å². The highest BCUT2D eigenvalue weighted by Crippen LogP contribution is 2.65. The molecule has 0 radical (unpaired) electrons. The van der Waals surface area contributed by atoms with Gasteiger partial charge in [-0.3, -0.25) is 0 Å². The summed E-state index contributed by atoms with van der Waals surface area (Å²) < 4.78 is 28.0. The summed E-state index contributed by atoms with van der Waals surface area (Å²) in [6.45, 7) is 3.19. The highest BCUT2D eigenvalue weighted by atomic mass is 19.1. The van der Waals surface area contributed by atoms with E-state index in [4.69, 9.17) is 19.7 Å². The first-order chi connectivity index (χ1) is 20.4. The van der Waals surface area contributed by atoms with Crippen molar-refractivity contribution >= 4 is 22.8 Å². The van der Waals surface area contributed by atoms with Gasteiger partial charge in [0, 0.05) is 37.2 Å². The molecule has 1 N–H and O–H groups in total. The fourth-order valence-electron chi connectivity index (χ4n) is 6.36. The van der Waals surface area contributed by atoms with E-state index in [0.29, 0.717) is 23.9 Å². The van der Waals surface area contributed by atoms with Crippen LogP contribution in [-0.2, 0) is 17.9 Å². The monoisotopic (exact) mass is 567 g/mol. The average molecular weight is 568 g/mol. The number of hydrogen-bond donors (Lipinski definition) is 1. The third-order valence-electron chi connectivity index (χ3n) is 9.06. The van der Waals surface area contributed by atoms with Gasteiger partial charge in [0.05, 0.1) is 40.9 Å². The number of rotatable bonds is 8. The summed E-state index contributed by atoms with van der Waals surface area (Å²) in [5.74, 6) is 1.21. The molecule has 3 fully saturated rings. The maximum atomic E-state index is 14.3. The van der Waals surface area contributed by atoms with Crippen LogP contribution in [0, 0.1) is 22.6 Å². The maximum absolute atomic E-state index is 14.3. The molecule has 0 unspecified atom stereocenters. The van der Waals surface area contributed by atoms with Crippen LogP contribution >= 0.6 is 0 Å². The standard InChI is InChI=1S/C32H30FN5O4/c33-25-14-20(17-34)4-5-22(25)19-42-29-3-1-2-28(36-29)37-11-9-32(10-12-37)16-24(32)30-35-26-7-6-21(31(39)40)15-27(26)38(30)18-23-8-13-41-23/h1-7,14-15,23-24H,8-13,16,18-19H2,(H,39,40)/t23-,24+/m0/s1. The van der Waals surface area contributed by atoms with Crippen molar-refractivity contribution in [2.75, 3.05) is 24.6 Å². The fourth-order valence-corrected chi connectivity index (χ4v) is 6.36. The molecular weight excluding hydrogens is 537 g/mol. The minimum atomic E-state index is -0.939. The Morgan fingerprint density at radius 1 is 1.17 bits per heavy atom. The summed E-state index contributed by atoms with van der Waals surface area (Å²) in [5.41, 5.74) is 2.78. The highest BCUT2D eigenvalue weighted by Gasteiger charge is 2.57. The zero-order valence-electron chi connectivity index (χ0n) is 23.0. The molecule has 7 rings (SSSR count). The van der Waals surface area contributed by atoms with E-state index in [1.54, 1.807) is 30.3 Å². The normalized spacial score (nSPS) is 20.7. The SMILES string of the molecule is N#Cc1ccc(COc2cccc(N3CCC4(CC3)C[C@@H]4c3nc4ccc(C(=O)O)cc4n3C[C@@H]3CCO3)n2)c(F)c1. The van der Waals surface area contributed by atoms with Crippen molar-refractivity contribution in [3.05, 3.63) is 82.9 Å². The molecule has 1 saturated carbocycles. The highest BCUT2D eigenvalue weighted by molar-refractivity contribution is 5.92. The number of anilines is 1. The Balaban J connectivity index is 1.04. The number of nitriles is 1. The number of imidazole rings is 1. The van der Waals surface area contributed by atoms with E-state index in [1.807, 2.05) is 24.3 Å². The molecule has 9 nitrogen and oxygen atoms in total. The van der Waals surface area contributed by atoms with E-state index in [0.717, 1.165) is 68.1 Å². The van der Waals surface area contributed by atoms with E-state index in [1.165, 1.54) is 6.07 Å². The van der Waals surface area contributed by atoms with Crippen LogP contribution in [0.5, 0.6) is 5.88 Å². The minimum Gasteiger partial charge on any atom is -0.478 e. The number of piperidine rings is 1. The molecule has 2 aliphatic heterocycles. The molecule has 0 bridgehead atoms. The molecule has 1 aliphatic carbocycles. The molecule has 214 valence electrons. The van der Waals surface area contributed by atoms with Gasteiger partial charge in [-0.1, -0.05) is 12.1 Å². The fraction of sp³-hybridized carbons (Fsp3) is 0.375. The number of nitrogens with zero attached hydrogens (tertiary/aromatic N) is 5. The molecule has 2 aromatic carbocycles. The van der Waals surface area contributed by atoms with Crippen LogP contribution in [0.4, 0.5) is 10.2 Å². The number of hydrogen-bond acceptors (Lipinski definition) is 7. The lowest BCUT2D eigenvalue weighted by Gasteiger charge is -2.34. The summed E-state index contributed by atoms with van der Waals surface area (Å²) in [6, 6.07) is 17.1. The number of carbonyl (C=O) groups is 1. The summed E-state index contributed by atoms with van der Waals surface area (Å²) in [4.78, 5) is 23.6. The van der Waals surface area contributed by atoms with Gasteiger partial charge < -0.3 is 24.0 Å². The number of halogens is 1. The van der Waals surface area contributed by atoms with Crippen molar-refractivity contribution < 1.29 is 23.8 Å². The quantitative estimate of drug-likeness (QED) is 0.306.